The van der Waals surface area contributed by atoms with E-state index in [2.05, 4.69) is 28.1 Å². The van der Waals surface area contributed by atoms with Crippen molar-refractivity contribution < 1.29 is 14.7 Å². The predicted octanol–water partition coefficient (Wildman–Crippen LogP) is 3.78. The second kappa shape index (κ2) is 13.7. The van der Waals surface area contributed by atoms with Gasteiger partial charge in [0.15, 0.2) is 0 Å². The van der Waals surface area contributed by atoms with Crippen LogP contribution >= 0.6 is 0 Å². The summed E-state index contributed by atoms with van der Waals surface area (Å²) in [6.07, 6.45) is 1.91. The molecule has 4 N–H and O–H groups in total. The first-order valence-electron chi connectivity index (χ1n) is 13.5. The van der Waals surface area contributed by atoms with Crippen LogP contribution in [-0.2, 0) is 17.6 Å². The number of rotatable bonds is 13. The smallest absolute Gasteiger partial charge is 0.251 e. The van der Waals surface area contributed by atoms with Crippen LogP contribution in [0.1, 0.15) is 41.3 Å². The van der Waals surface area contributed by atoms with Crippen LogP contribution in [0.5, 0.6) is 0 Å². The second-order valence-electron chi connectivity index (χ2n) is 9.72. The van der Waals surface area contributed by atoms with Crippen molar-refractivity contribution in [2.24, 2.45) is 0 Å². The summed E-state index contributed by atoms with van der Waals surface area (Å²) in [6.45, 7) is 4.42. The first-order valence-corrected chi connectivity index (χ1v) is 13.5. The minimum Gasteiger partial charge on any atom is -0.390 e. The second-order valence-corrected chi connectivity index (χ2v) is 9.72. The van der Waals surface area contributed by atoms with Crippen LogP contribution in [0.4, 0.5) is 11.4 Å². The van der Waals surface area contributed by atoms with E-state index < -0.39 is 12.1 Å². The Balaban J connectivity index is 1.47. The van der Waals surface area contributed by atoms with Crippen LogP contribution in [-0.4, -0.2) is 55.2 Å². The average molecular weight is 515 g/mol. The van der Waals surface area contributed by atoms with Gasteiger partial charge in [-0.25, -0.2) is 0 Å². The first kappa shape index (κ1) is 27.4. The van der Waals surface area contributed by atoms with Gasteiger partial charge in [0.05, 0.1) is 12.1 Å². The molecule has 1 aliphatic heterocycles. The Morgan fingerprint density at radius 1 is 1.00 bits per heavy atom. The lowest BCUT2D eigenvalue weighted by atomic mass is 10.00. The zero-order valence-corrected chi connectivity index (χ0v) is 22.0. The predicted molar refractivity (Wildman–Crippen MR) is 153 cm³/mol. The van der Waals surface area contributed by atoms with Crippen LogP contribution in [0.3, 0.4) is 0 Å². The van der Waals surface area contributed by atoms with E-state index in [1.807, 2.05) is 61.5 Å². The van der Waals surface area contributed by atoms with E-state index in [-0.39, 0.29) is 11.8 Å². The molecule has 0 radical (unpaired) electrons. The van der Waals surface area contributed by atoms with Gasteiger partial charge in [-0.3, -0.25) is 9.59 Å². The highest BCUT2D eigenvalue weighted by molar-refractivity contribution is 6.00. The molecule has 2 unspecified atom stereocenters. The molecule has 1 saturated heterocycles. The minimum atomic E-state index is -0.786. The van der Waals surface area contributed by atoms with E-state index in [1.54, 1.807) is 17.0 Å². The monoisotopic (exact) mass is 514 g/mol. The van der Waals surface area contributed by atoms with Gasteiger partial charge in [-0.15, -0.1) is 0 Å². The van der Waals surface area contributed by atoms with Crippen molar-refractivity contribution in [3.63, 3.8) is 0 Å². The quantitative estimate of drug-likeness (QED) is 0.261. The van der Waals surface area contributed by atoms with Gasteiger partial charge >= 0.3 is 0 Å². The number of aliphatic hydroxyl groups is 1. The number of nitrogens with one attached hydrogen (secondary N) is 3. The Bertz CT molecular complexity index is 1190. The Morgan fingerprint density at radius 3 is 2.37 bits per heavy atom. The van der Waals surface area contributed by atoms with Crippen molar-refractivity contribution in [2.75, 3.05) is 36.4 Å². The maximum absolute atomic E-state index is 13.5. The lowest BCUT2D eigenvalue weighted by Crippen LogP contribution is -2.49. The van der Waals surface area contributed by atoms with Crippen LogP contribution in [0.2, 0.25) is 0 Å². The normalized spacial score (nSPS) is 14.8. The number of anilines is 2. The van der Waals surface area contributed by atoms with Crippen molar-refractivity contribution in [3.8, 4) is 0 Å². The summed E-state index contributed by atoms with van der Waals surface area (Å²) in [5, 5.41) is 20.8. The maximum Gasteiger partial charge on any atom is 0.251 e. The van der Waals surface area contributed by atoms with Gasteiger partial charge < -0.3 is 26.0 Å². The number of carbonyl (C=O) groups excluding carboxylic acids is 2. The average Bonchev–Trinajstić information content (AvgIpc) is 3.37. The summed E-state index contributed by atoms with van der Waals surface area (Å²) in [5.74, 6) is -0.203. The molecule has 3 aromatic rings. The van der Waals surface area contributed by atoms with E-state index in [0.29, 0.717) is 38.0 Å². The van der Waals surface area contributed by atoms with Gasteiger partial charge in [-0.2, -0.15) is 0 Å². The number of amides is 2. The molecule has 1 heterocycles. The molecule has 200 valence electrons. The van der Waals surface area contributed by atoms with Crippen LogP contribution < -0.4 is 20.9 Å². The standard InChI is InChI=1S/C31H38N4O3/c1-2-33-26-19-25(20-27(21-26)35-17-9-14-30(35)37)31(38)34-28(18-24-12-7-4-8-13-24)29(36)22-32-16-15-23-10-5-3-6-11-23/h3-8,10-13,19-21,28-29,32-33,36H,2,9,14-18,22H2,1H3,(H,34,38). The van der Waals surface area contributed by atoms with Crippen LogP contribution in [0.25, 0.3) is 0 Å². The number of hydrogen-bond donors (Lipinski definition) is 4. The van der Waals surface area contributed by atoms with Crippen molar-refractivity contribution >= 4 is 23.2 Å². The molecule has 0 aromatic heterocycles. The third-order valence-corrected chi connectivity index (χ3v) is 6.81. The Labute approximate surface area is 225 Å². The molecule has 0 spiro atoms. The molecule has 2 atom stereocenters. The van der Waals surface area contributed by atoms with E-state index in [4.69, 9.17) is 0 Å². The van der Waals surface area contributed by atoms with E-state index in [1.165, 1.54) is 5.56 Å². The summed E-state index contributed by atoms with van der Waals surface area (Å²) in [6, 6.07) is 25.1. The number of hydrogen-bond acceptors (Lipinski definition) is 5. The number of nitrogens with zero attached hydrogens (tertiary/aromatic N) is 1. The molecule has 1 fully saturated rings. The summed E-state index contributed by atoms with van der Waals surface area (Å²) in [7, 11) is 0. The summed E-state index contributed by atoms with van der Waals surface area (Å²) in [5.41, 5.74) is 4.24. The number of carbonyl (C=O) groups is 2. The van der Waals surface area contributed by atoms with Crippen molar-refractivity contribution in [1.82, 2.24) is 10.6 Å². The molecular weight excluding hydrogens is 476 g/mol. The fraction of sp³-hybridized carbons (Fsp3) is 0.355. The third kappa shape index (κ3) is 7.66. The fourth-order valence-electron chi connectivity index (χ4n) is 4.80. The molecule has 0 aliphatic carbocycles. The molecular formula is C31H38N4O3. The number of benzene rings is 3. The Hall–Kier alpha value is -3.68. The molecule has 0 bridgehead atoms. The molecule has 0 saturated carbocycles. The van der Waals surface area contributed by atoms with Crippen molar-refractivity contribution in [3.05, 3.63) is 95.6 Å². The van der Waals surface area contributed by atoms with Crippen molar-refractivity contribution in [2.45, 2.75) is 44.8 Å². The van der Waals surface area contributed by atoms with E-state index in [9.17, 15) is 14.7 Å². The lowest BCUT2D eigenvalue weighted by molar-refractivity contribution is -0.117. The third-order valence-electron chi connectivity index (χ3n) is 6.81. The zero-order chi connectivity index (χ0) is 26.7. The Morgan fingerprint density at radius 2 is 1.71 bits per heavy atom. The summed E-state index contributed by atoms with van der Waals surface area (Å²) < 4.78 is 0. The van der Waals surface area contributed by atoms with Crippen molar-refractivity contribution in [1.29, 1.82) is 0 Å². The minimum absolute atomic E-state index is 0.0731. The van der Waals surface area contributed by atoms with Gasteiger partial charge in [0.2, 0.25) is 5.91 Å². The molecule has 4 rings (SSSR count). The van der Waals surface area contributed by atoms with Gasteiger partial charge in [-0.1, -0.05) is 60.7 Å². The van der Waals surface area contributed by atoms with Gasteiger partial charge in [-0.05, 0) is 62.1 Å². The molecule has 7 heteroatoms. The van der Waals surface area contributed by atoms with Crippen LogP contribution in [0.15, 0.2) is 78.9 Å². The fourth-order valence-corrected chi connectivity index (χ4v) is 4.80. The van der Waals surface area contributed by atoms with E-state index in [0.717, 1.165) is 36.3 Å². The molecule has 38 heavy (non-hydrogen) atoms. The summed E-state index contributed by atoms with van der Waals surface area (Å²) in [4.78, 5) is 27.6. The van der Waals surface area contributed by atoms with Gasteiger partial charge in [0, 0.05) is 43.0 Å². The van der Waals surface area contributed by atoms with Gasteiger partial charge in [0.1, 0.15) is 0 Å². The lowest BCUT2D eigenvalue weighted by Gasteiger charge is -2.25. The number of aliphatic hydroxyl groups excluding tert-OH is 1. The topological polar surface area (TPSA) is 93.7 Å². The highest BCUT2D eigenvalue weighted by atomic mass is 16.3. The Kier molecular flexibility index (Phi) is 9.90. The molecule has 2 amide bonds. The highest BCUT2D eigenvalue weighted by Gasteiger charge is 2.25. The first-order chi connectivity index (χ1) is 18.5. The molecule has 7 nitrogen and oxygen atoms in total. The summed E-state index contributed by atoms with van der Waals surface area (Å²) >= 11 is 0. The molecule has 3 aromatic carbocycles. The van der Waals surface area contributed by atoms with Gasteiger partial charge in [0.25, 0.3) is 5.91 Å². The zero-order valence-electron chi connectivity index (χ0n) is 22.0. The van der Waals surface area contributed by atoms with E-state index >= 15 is 0 Å². The highest BCUT2D eigenvalue weighted by Crippen LogP contribution is 2.27. The largest absolute Gasteiger partial charge is 0.390 e. The maximum atomic E-state index is 13.5. The molecule has 1 aliphatic rings. The van der Waals surface area contributed by atoms with Crippen LogP contribution in [0, 0.1) is 0 Å². The SMILES string of the molecule is CCNc1cc(C(=O)NC(Cc2ccccc2)C(O)CNCCc2ccccc2)cc(N2CCCC2=O)c1.